The second-order valence-electron chi connectivity index (χ2n) is 6.78. The van der Waals surface area contributed by atoms with E-state index in [0.29, 0.717) is 18.6 Å². The van der Waals surface area contributed by atoms with Crippen LogP contribution >= 0.6 is 0 Å². The largest absolute Gasteiger partial charge is 0.493 e. The lowest BCUT2D eigenvalue weighted by Crippen LogP contribution is -2.32. The molecule has 1 fully saturated rings. The molecular formula is C20H18N2O3. The molecule has 3 heterocycles. The number of para-hydroxylation sites is 1. The van der Waals surface area contributed by atoms with Gasteiger partial charge in [0.25, 0.3) is 5.56 Å². The molecular weight excluding hydrogens is 316 g/mol. The summed E-state index contributed by atoms with van der Waals surface area (Å²) < 4.78 is 12.1. The molecule has 0 aliphatic carbocycles. The Morgan fingerprint density at radius 2 is 1.88 bits per heavy atom. The Bertz CT molecular complexity index is 1010. The summed E-state index contributed by atoms with van der Waals surface area (Å²) in [4.78, 5) is 12.0. The number of rotatable bonds is 1. The van der Waals surface area contributed by atoms with Gasteiger partial charge in [0.15, 0.2) is 0 Å². The van der Waals surface area contributed by atoms with Gasteiger partial charge in [-0.2, -0.15) is 5.10 Å². The summed E-state index contributed by atoms with van der Waals surface area (Å²) in [5.41, 5.74) is 1.57. The first-order chi connectivity index (χ1) is 12.3. The van der Waals surface area contributed by atoms with Gasteiger partial charge in [0.05, 0.1) is 24.3 Å². The van der Waals surface area contributed by atoms with Crippen LogP contribution in [0.15, 0.2) is 53.3 Å². The van der Waals surface area contributed by atoms with Gasteiger partial charge in [-0.3, -0.25) is 4.79 Å². The lowest BCUT2D eigenvalue weighted by molar-refractivity contribution is -0.0302. The molecule has 0 bridgehead atoms. The second kappa shape index (κ2) is 5.43. The quantitative estimate of drug-likeness (QED) is 0.743. The van der Waals surface area contributed by atoms with Gasteiger partial charge in [0.1, 0.15) is 11.4 Å². The first kappa shape index (κ1) is 14.7. The standard InChI is InChI=1S/C20H18N2O3/c23-19-15-6-2-1-5-14(15)18(21-22-19)13-11-20(25-12-13)9-10-24-17-8-4-3-7-16(17)20/h1-8,13H,9-12H2,(H,22,23). The van der Waals surface area contributed by atoms with Crippen LogP contribution in [0.1, 0.15) is 30.0 Å². The van der Waals surface area contributed by atoms with Crippen LogP contribution in [0.3, 0.4) is 0 Å². The van der Waals surface area contributed by atoms with Crippen molar-refractivity contribution in [2.24, 2.45) is 0 Å². The Morgan fingerprint density at radius 3 is 2.80 bits per heavy atom. The fraction of sp³-hybridized carbons (Fsp3) is 0.300. The summed E-state index contributed by atoms with van der Waals surface area (Å²) >= 11 is 0. The van der Waals surface area contributed by atoms with Crippen molar-refractivity contribution in [2.45, 2.75) is 24.4 Å². The van der Waals surface area contributed by atoms with E-state index >= 15 is 0 Å². The van der Waals surface area contributed by atoms with Crippen LogP contribution in [0.2, 0.25) is 0 Å². The molecule has 25 heavy (non-hydrogen) atoms. The summed E-state index contributed by atoms with van der Waals surface area (Å²) in [5, 5.41) is 8.61. The monoisotopic (exact) mass is 334 g/mol. The minimum atomic E-state index is -0.321. The van der Waals surface area contributed by atoms with E-state index in [4.69, 9.17) is 9.47 Å². The van der Waals surface area contributed by atoms with Crippen molar-refractivity contribution >= 4 is 10.8 Å². The minimum absolute atomic E-state index is 0.146. The molecule has 126 valence electrons. The predicted molar refractivity (Wildman–Crippen MR) is 93.9 cm³/mol. The smallest absolute Gasteiger partial charge is 0.272 e. The predicted octanol–water partition coefficient (Wildman–Crippen LogP) is 3.11. The SMILES string of the molecule is O=c1[nH]nc(C2COC3(CCOc4ccccc43)C2)c2ccccc12. The molecule has 2 aromatic carbocycles. The highest BCUT2D eigenvalue weighted by atomic mass is 16.5. The number of H-pyrrole nitrogens is 1. The summed E-state index contributed by atoms with van der Waals surface area (Å²) in [6.45, 7) is 1.25. The normalized spacial score (nSPS) is 25.0. The first-order valence-corrected chi connectivity index (χ1v) is 8.60. The molecule has 1 saturated heterocycles. The minimum Gasteiger partial charge on any atom is -0.493 e. The average molecular weight is 334 g/mol. The lowest BCUT2D eigenvalue weighted by Gasteiger charge is -2.34. The highest BCUT2D eigenvalue weighted by Crippen LogP contribution is 2.50. The molecule has 0 radical (unpaired) electrons. The average Bonchev–Trinajstić information content (AvgIpc) is 3.07. The van der Waals surface area contributed by atoms with E-state index in [0.717, 1.165) is 35.2 Å². The number of hydrogen-bond donors (Lipinski definition) is 1. The maximum absolute atomic E-state index is 12.0. The van der Waals surface area contributed by atoms with E-state index in [-0.39, 0.29) is 17.1 Å². The van der Waals surface area contributed by atoms with E-state index in [9.17, 15) is 4.79 Å². The second-order valence-corrected chi connectivity index (χ2v) is 6.78. The molecule has 1 aromatic heterocycles. The van der Waals surface area contributed by atoms with E-state index in [1.165, 1.54) is 0 Å². The van der Waals surface area contributed by atoms with Crippen molar-refractivity contribution in [2.75, 3.05) is 13.2 Å². The maximum Gasteiger partial charge on any atom is 0.272 e. The third kappa shape index (κ3) is 2.19. The van der Waals surface area contributed by atoms with Crippen molar-refractivity contribution in [3.05, 3.63) is 70.1 Å². The molecule has 1 spiro atoms. The summed E-state index contributed by atoms with van der Waals surface area (Å²) in [5.74, 6) is 1.06. The van der Waals surface area contributed by atoms with Gasteiger partial charge in [-0.05, 0) is 18.6 Å². The highest BCUT2D eigenvalue weighted by molar-refractivity contribution is 5.83. The third-order valence-corrected chi connectivity index (χ3v) is 5.39. The van der Waals surface area contributed by atoms with Gasteiger partial charge in [-0.1, -0.05) is 36.4 Å². The van der Waals surface area contributed by atoms with Crippen LogP contribution in [0.4, 0.5) is 0 Å². The third-order valence-electron chi connectivity index (χ3n) is 5.39. The maximum atomic E-state index is 12.0. The zero-order chi connectivity index (χ0) is 16.9. The number of fused-ring (bicyclic) bond motifs is 3. The molecule has 2 unspecified atom stereocenters. The number of ether oxygens (including phenoxy) is 2. The molecule has 5 heteroatoms. The van der Waals surface area contributed by atoms with Crippen molar-refractivity contribution in [3.8, 4) is 5.75 Å². The zero-order valence-electron chi connectivity index (χ0n) is 13.7. The van der Waals surface area contributed by atoms with Crippen LogP contribution in [-0.4, -0.2) is 23.4 Å². The van der Waals surface area contributed by atoms with Gasteiger partial charge in [-0.25, -0.2) is 5.10 Å². The van der Waals surface area contributed by atoms with Crippen LogP contribution in [-0.2, 0) is 10.3 Å². The van der Waals surface area contributed by atoms with E-state index in [2.05, 4.69) is 16.3 Å². The van der Waals surface area contributed by atoms with Gasteiger partial charge in [0, 0.05) is 23.3 Å². The fourth-order valence-electron chi connectivity index (χ4n) is 4.19. The number of aromatic nitrogens is 2. The van der Waals surface area contributed by atoms with E-state index in [1.807, 2.05) is 42.5 Å². The number of nitrogens with zero attached hydrogens (tertiary/aromatic N) is 1. The van der Waals surface area contributed by atoms with Crippen LogP contribution in [0, 0.1) is 0 Å². The molecule has 0 amide bonds. The Morgan fingerprint density at radius 1 is 1.08 bits per heavy atom. The van der Waals surface area contributed by atoms with E-state index < -0.39 is 0 Å². The van der Waals surface area contributed by atoms with E-state index in [1.54, 1.807) is 0 Å². The van der Waals surface area contributed by atoms with Gasteiger partial charge in [-0.15, -0.1) is 0 Å². The van der Waals surface area contributed by atoms with Crippen LogP contribution < -0.4 is 10.3 Å². The molecule has 5 nitrogen and oxygen atoms in total. The first-order valence-electron chi connectivity index (χ1n) is 8.60. The molecule has 2 atom stereocenters. The Labute approximate surface area is 144 Å². The number of hydrogen-bond acceptors (Lipinski definition) is 4. The van der Waals surface area contributed by atoms with Crippen molar-refractivity contribution in [1.82, 2.24) is 10.2 Å². The van der Waals surface area contributed by atoms with Crippen molar-refractivity contribution in [3.63, 3.8) is 0 Å². The molecule has 1 N–H and O–H groups in total. The lowest BCUT2D eigenvalue weighted by atomic mass is 9.81. The highest BCUT2D eigenvalue weighted by Gasteiger charge is 2.46. The molecule has 2 aliphatic rings. The summed E-state index contributed by atoms with van der Waals surface area (Å²) in [6.07, 6.45) is 1.68. The zero-order valence-corrected chi connectivity index (χ0v) is 13.7. The summed E-state index contributed by atoms with van der Waals surface area (Å²) in [6, 6.07) is 15.7. The molecule has 3 aromatic rings. The molecule has 5 rings (SSSR count). The Hall–Kier alpha value is -2.66. The van der Waals surface area contributed by atoms with Crippen molar-refractivity contribution in [1.29, 1.82) is 0 Å². The van der Waals surface area contributed by atoms with Crippen molar-refractivity contribution < 1.29 is 9.47 Å². The molecule has 2 aliphatic heterocycles. The fourth-order valence-corrected chi connectivity index (χ4v) is 4.19. The topological polar surface area (TPSA) is 64.2 Å². The Balaban J connectivity index is 1.58. The van der Waals surface area contributed by atoms with Crippen LogP contribution in [0.25, 0.3) is 10.8 Å². The molecule has 0 saturated carbocycles. The van der Waals surface area contributed by atoms with Crippen LogP contribution in [0.5, 0.6) is 5.75 Å². The number of nitrogens with one attached hydrogen (secondary N) is 1. The number of benzene rings is 2. The number of aromatic amines is 1. The van der Waals surface area contributed by atoms with Gasteiger partial charge in [0.2, 0.25) is 0 Å². The van der Waals surface area contributed by atoms with Gasteiger partial charge < -0.3 is 9.47 Å². The summed E-state index contributed by atoms with van der Waals surface area (Å²) in [7, 11) is 0. The Kier molecular flexibility index (Phi) is 3.18. The van der Waals surface area contributed by atoms with Gasteiger partial charge >= 0.3 is 0 Å².